The molecule has 2 aromatic heterocycles. The number of amides is 1. The molecule has 1 amide bonds. The van der Waals surface area contributed by atoms with E-state index in [2.05, 4.69) is 10.3 Å². The lowest BCUT2D eigenvalue weighted by atomic mass is 10.1. The van der Waals surface area contributed by atoms with Crippen molar-refractivity contribution in [3.8, 4) is 11.1 Å². The van der Waals surface area contributed by atoms with Gasteiger partial charge in [0.1, 0.15) is 0 Å². The van der Waals surface area contributed by atoms with Crippen LogP contribution in [0.5, 0.6) is 0 Å². The summed E-state index contributed by atoms with van der Waals surface area (Å²) in [4.78, 5) is 16.8. The highest BCUT2D eigenvalue weighted by molar-refractivity contribution is 7.91. The second-order valence-electron chi connectivity index (χ2n) is 7.75. The van der Waals surface area contributed by atoms with Crippen LogP contribution in [0.1, 0.15) is 16.1 Å². The Kier molecular flexibility index (Phi) is 5.69. The first kappa shape index (κ1) is 21.6. The third-order valence-corrected chi connectivity index (χ3v) is 7.25. The molecule has 0 aliphatic carbocycles. The maximum absolute atomic E-state index is 13.2. The molecule has 34 heavy (non-hydrogen) atoms. The standard InChI is InChI=1S/C27H20N2O4S/c30-27(25-16-22-13-14-28-18-26(22)33-25)29-17-19-9-11-23(12-10-19)34(31,32)24-8-4-7-21(15-24)20-5-2-1-3-6-20/h1-16,18H,17H2,(H,29,30). The molecule has 0 aliphatic heterocycles. The van der Waals surface area contributed by atoms with Gasteiger partial charge in [0, 0.05) is 18.1 Å². The summed E-state index contributed by atoms with van der Waals surface area (Å²) in [5, 5.41) is 3.59. The fourth-order valence-corrected chi connectivity index (χ4v) is 4.97. The highest BCUT2D eigenvalue weighted by Crippen LogP contribution is 2.26. The van der Waals surface area contributed by atoms with Crippen LogP contribution in [0.4, 0.5) is 0 Å². The third-order valence-electron chi connectivity index (χ3n) is 5.48. The van der Waals surface area contributed by atoms with E-state index in [-0.39, 0.29) is 28.0 Å². The predicted molar refractivity (Wildman–Crippen MR) is 129 cm³/mol. The van der Waals surface area contributed by atoms with E-state index in [0.29, 0.717) is 5.58 Å². The molecule has 7 heteroatoms. The van der Waals surface area contributed by atoms with Crippen LogP contribution in [-0.4, -0.2) is 19.3 Å². The van der Waals surface area contributed by atoms with Crippen LogP contribution in [-0.2, 0) is 16.4 Å². The number of nitrogens with zero attached hydrogens (tertiary/aromatic N) is 1. The highest BCUT2D eigenvalue weighted by atomic mass is 32.2. The van der Waals surface area contributed by atoms with Gasteiger partial charge in [-0.15, -0.1) is 0 Å². The Bertz CT molecular complexity index is 1540. The van der Waals surface area contributed by atoms with Gasteiger partial charge in [0.15, 0.2) is 11.3 Å². The van der Waals surface area contributed by atoms with Crippen molar-refractivity contribution in [2.24, 2.45) is 0 Å². The monoisotopic (exact) mass is 468 g/mol. The van der Waals surface area contributed by atoms with Gasteiger partial charge in [0.05, 0.1) is 16.0 Å². The van der Waals surface area contributed by atoms with Gasteiger partial charge in [-0.2, -0.15) is 0 Å². The summed E-state index contributed by atoms with van der Waals surface area (Å²) in [6.07, 6.45) is 3.19. The van der Waals surface area contributed by atoms with Crippen LogP contribution >= 0.6 is 0 Å². The van der Waals surface area contributed by atoms with E-state index in [4.69, 9.17) is 4.42 Å². The van der Waals surface area contributed by atoms with E-state index in [1.54, 1.807) is 67.0 Å². The number of hydrogen-bond donors (Lipinski definition) is 1. The Morgan fingerprint density at radius 3 is 2.35 bits per heavy atom. The third kappa shape index (κ3) is 4.33. The maximum atomic E-state index is 13.2. The molecule has 168 valence electrons. The van der Waals surface area contributed by atoms with E-state index in [1.807, 2.05) is 36.4 Å². The lowest BCUT2D eigenvalue weighted by molar-refractivity contribution is 0.0925. The average Bonchev–Trinajstić information content (AvgIpc) is 3.33. The van der Waals surface area contributed by atoms with E-state index in [0.717, 1.165) is 22.1 Å². The van der Waals surface area contributed by atoms with Gasteiger partial charge >= 0.3 is 0 Å². The Morgan fingerprint density at radius 2 is 1.59 bits per heavy atom. The second kappa shape index (κ2) is 8.96. The molecule has 5 aromatic rings. The maximum Gasteiger partial charge on any atom is 0.287 e. The molecule has 1 N–H and O–H groups in total. The van der Waals surface area contributed by atoms with Crippen LogP contribution in [0, 0.1) is 0 Å². The van der Waals surface area contributed by atoms with Crippen molar-refractivity contribution in [2.45, 2.75) is 16.3 Å². The number of pyridine rings is 1. The molecule has 0 unspecified atom stereocenters. The number of nitrogens with one attached hydrogen (secondary N) is 1. The largest absolute Gasteiger partial charge is 0.449 e. The molecule has 2 heterocycles. The van der Waals surface area contributed by atoms with Gasteiger partial charge in [-0.05, 0) is 53.1 Å². The van der Waals surface area contributed by atoms with E-state index < -0.39 is 9.84 Å². The highest BCUT2D eigenvalue weighted by Gasteiger charge is 2.18. The zero-order chi connectivity index (χ0) is 23.5. The van der Waals surface area contributed by atoms with Crippen molar-refractivity contribution >= 4 is 26.7 Å². The molecule has 0 fully saturated rings. The number of fused-ring (bicyclic) bond motifs is 1. The summed E-state index contributed by atoms with van der Waals surface area (Å²) < 4.78 is 31.9. The minimum absolute atomic E-state index is 0.192. The first-order valence-electron chi connectivity index (χ1n) is 10.6. The predicted octanol–water partition coefficient (Wildman–Crippen LogP) is 5.26. The summed E-state index contributed by atoms with van der Waals surface area (Å²) in [5.41, 5.74) is 3.09. The van der Waals surface area contributed by atoms with Crippen molar-refractivity contribution < 1.29 is 17.6 Å². The zero-order valence-corrected chi connectivity index (χ0v) is 18.8. The molecule has 5 rings (SSSR count). The summed E-state index contributed by atoms with van der Waals surface area (Å²) in [5.74, 6) is -0.161. The van der Waals surface area contributed by atoms with E-state index in [1.165, 1.54) is 0 Å². The SMILES string of the molecule is O=C(NCc1ccc(S(=O)(=O)c2cccc(-c3ccccc3)c2)cc1)c1cc2ccncc2o1. The van der Waals surface area contributed by atoms with Crippen LogP contribution in [0.3, 0.4) is 0 Å². The molecule has 6 nitrogen and oxygen atoms in total. The van der Waals surface area contributed by atoms with Gasteiger partial charge in [-0.1, -0.05) is 54.6 Å². The van der Waals surface area contributed by atoms with Crippen LogP contribution in [0.15, 0.2) is 118 Å². The minimum atomic E-state index is -3.68. The molecule has 0 saturated heterocycles. The minimum Gasteiger partial charge on any atom is -0.449 e. The Morgan fingerprint density at radius 1 is 0.824 bits per heavy atom. The zero-order valence-electron chi connectivity index (χ0n) is 18.0. The molecule has 0 spiro atoms. The quantitative estimate of drug-likeness (QED) is 0.367. The normalized spacial score (nSPS) is 11.4. The Labute approximate surface area is 196 Å². The number of rotatable bonds is 6. The van der Waals surface area contributed by atoms with Crippen molar-refractivity contribution in [3.63, 3.8) is 0 Å². The summed E-state index contributed by atoms with van der Waals surface area (Å²) in [6, 6.07) is 26.5. The lowest BCUT2D eigenvalue weighted by Crippen LogP contribution is -2.22. The number of carbonyl (C=O) groups excluding carboxylic acids is 1. The van der Waals surface area contributed by atoms with E-state index in [9.17, 15) is 13.2 Å². The lowest BCUT2D eigenvalue weighted by Gasteiger charge is -2.09. The van der Waals surface area contributed by atoms with E-state index >= 15 is 0 Å². The van der Waals surface area contributed by atoms with Crippen LogP contribution in [0.25, 0.3) is 22.1 Å². The molecule has 0 radical (unpaired) electrons. The van der Waals surface area contributed by atoms with Crippen molar-refractivity contribution in [1.29, 1.82) is 0 Å². The number of sulfone groups is 1. The fraction of sp³-hybridized carbons (Fsp3) is 0.0370. The Balaban J connectivity index is 1.30. The number of aromatic nitrogens is 1. The molecule has 3 aromatic carbocycles. The number of benzene rings is 3. The van der Waals surface area contributed by atoms with Crippen molar-refractivity contribution in [1.82, 2.24) is 10.3 Å². The van der Waals surface area contributed by atoms with Crippen molar-refractivity contribution in [3.05, 3.63) is 115 Å². The molecule has 0 saturated carbocycles. The summed E-state index contributed by atoms with van der Waals surface area (Å²) in [6.45, 7) is 0.234. The summed E-state index contributed by atoms with van der Waals surface area (Å²) >= 11 is 0. The number of furan rings is 1. The molecular formula is C27H20N2O4S. The van der Waals surface area contributed by atoms with Gasteiger partial charge < -0.3 is 9.73 Å². The Hall–Kier alpha value is -4.23. The first-order valence-corrected chi connectivity index (χ1v) is 12.1. The van der Waals surface area contributed by atoms with Crippen LogP contribution < -0.4 is 5.32 Å². The second-order valence-corrected chi connectivity index (χ2v) is 9.70. The molecule has 0 aliphatic rings. The van der Waals surface area contributed by atoms with Gasteiger partial charge in [-0.25, -0.2) is 8.42 Å². The van der Waals surface area contributed by atoms with Gasteiger partial charge in [-0.3, -0.25) is 9.78 Å². The summed E-state index contributed by atoms with van der Waals surface area (Å²) in [7, 11) is -3.68. The molecule has 0 atom stereocenters. The number of carbonyl (C=O) groups is 1. The molecular weight excluding hydrogens is 448 g/mol. The van der Waals surface area contributed by atoms with Crippen molar-refractivity contribution in [2.75, 3.05) is 0 Å². The smallest absolute Gasteiger partial charge is 0.287 e. The topological polar surface area (TPSA) is 89.3 Å². The first-order chi connectivity index (χ1) is 16.5. The number of hydrogen-bond acceptors (Lipinski definition) is 5. The molecule has 0 bridgehead atoms. The van der Waals surface area contributed by atoms with Gasteiger partial charge in [0.25, 0.3) is 5.91 Å². The fourth-order valence-electron chi connectivity index (χ4n) is 3.66. The average molecular weight is 469 g/mol. The van der Waals surface area contributed by atoms with Crippen LogP contribution in [0.2, 0.25) is 0 Å². The van der Waals surface area contributed by atoms with Gasteiger partial charge in [0.2, 0.25) is 9.84 Å².